The summed E-state index contributed by atoms with van der Waals surface area (Å²) in [7, 11) is 0. The summed E-state index contributed by atoms with van der Waals surface area (Å²) in [6.45, 7) is 0. The van der Waals surface area contributed by atoms with Crippen LogP contribution in [0.1, 0.15) is 11.1 Å². The fraction of sp³-hybridized carbons (Fsp3) is 0.250. The van der Waals surface area contributed by atoms with Crippen LogP contribution in [-0.4, -0.2) is 10.7 Å². The van der Waals surface area contributed by atoms with Crippen LogP contribution in [0.2, 0.25) is 0 Å². The maximum atomic E-state index is 14.2. The topological polar surface area (TPSA) is 0 Å². The second kappa shape index (κ2) is 7.34. The zero-order chi connectivity index (χ0) is 15.5. The normalized spacial score (nSPS) is 11.7. The fourth-order valence-electron chi connectivity index (χ4n) is 2.30. The minimum absolute atomic E-state index is 0.224. The van der Waals surface area contributed by atoms with Crippen LogP contribution < -0.4 is 0 Å². The molecule has 2 aromatic rings. The SMILES string of the molecule is Fc1ccc(CC(CBr)(CBr)c2ccccc2F)cc1Br. The van der Waals surface area contributed by atoms with E-state index < -0.39 is 5.41 Å². The van der Waals surface area contributed by atoms with Gasteiger partial charge < -0.3 is 0 Å². The first kappa shape index (κ1) is 17.1. The van der Waals surface area contributed by atoms with Gasteiger partial charge in [-0.05, 0) is 51.7 Å². The monoisotopic (exact) mass is 480 g/mol. The Balaban J connectivity index is 2.43. The Labute approximate surface area is 148 Å². The van der Waals surface area contributed by atoms with E-state index in [1.165, 1.54) is 12.1 Å². The molecule has 0 aliphatic rings. The molecule has 0 unspecified atom stereocenters. The van der Waals surface area contributed by atoms with Gasteiger partial charge in [-0.25, -0.2) is 8.78 Å². The molecule has 0 aromatic heterocycles. The molecule has 0 saturated heterocycles. The number of hydrogen-bond donors (Lipinski definition) is 0. The molecule has 0 radical (unpaired) electrons. The van der Waals surface area contributed by atoms with Gasteiger partial charge in [0.05, 0.1) is 4.47 Å². The summed E-state index contributed by atoms with van der Waals surface area (Å²) < 4.78 is 28.0. The van der Waals surface area contributed by atoms with Crippen molar-refractivity contribution in [3.63, 3.8) is 0 Å². The Kier molecular flexibility index (Phi) is 5.97. The predicted octanol–water partition coefficient (Wildman–Crippen LogP) is 6.00. The van der Waals surface area contributed by atoms with Crippen molar-refractivity contribution in [2.24, 2.45) is 0 Å². The molecule has 21 heavy (non-hydrogen) atoms. The lowest BCUT2D eigenvalue weighted by molar-refractivity contribution is 0.500. The van der Waals surface area contributed by atoms with Gasteiger partial charge in [0.15, 0.2) is 0 Å². The first-order valence-electron chi connectivity index (χ1n) is 6.33. The molecule has 0 bridgehead atoms. The van der Waals surface area contributed by atoms with E-state index in [0.717, 1.165) is 5.56 Å². The van der Waals surface area contributed by atoms with Crippen LogP contribution in [0, 0.1) is 11.6 Å². The molecular formula is C16H13Br3F2. The average Bonchev–Trinajstić information content (AvgIpc) is 2.49. The highest BCUT2D eigenvalue weighted by atomic mass is 79.9. The lowest BCUT2D eigenvalue weighted by Gasteiger charge is -2.31. The van der Waals surface area contributed by atoms with Gasteiger partial charge in [0.1, 0.15) is 11.6 Å². The third-order valence-corrected chi connectivity index (χ3v) is 6.24. The smallest absolute Gasteiger partial charge is 0.137 e. The van der Waals surface area contributed by atoms with E-state index >= 15 is 0 Å². The first-order valence-corrected chi connectivity index (χ1v) is 9.37. The summed E-state index contributed by atoms with van der Waals surface area (Å²) in [6.07, 6.45) is 0.601. The van der Waals surface area contributed by atoms with Crippen molar-refractivity contribution in [3.8, 4) is 0 Å². The molecule has 0 spiro atoms. The van der Waals surface area contributed by atoms with Gasteiger partial charge in [-0.1, -0.05) is 56.1 Å². The molecule has 0 heterocycles. The highest BCUT2D eigenvalue weighted by molar-refractivity contribution is 9.10. The van der Waals surface area contributed by atoms with Gasteiger partial charge in [0, 0.05) is 16.1 Å². The quantitative estimate of drug-likeness (QED) is 0.459. The van der Waals surface area contributed by atoms with Gasteiger partial charge >= 0.3 is 0 Å². The van der Waals surface area contributed by atoms with Gasteiger partial charge in [0.2, 0.25) is 0 Å². The van der Waals surface area contributed by atoms with E-state index in [2.05, 4.69) is 47.8 Å². The molecule has 112 valence electrons. The molecular weight excluding hydrogens is 470 g/mol. The van der Waals surface area contributed by atoms with Crippen molar-refractivity contribution in [3.05, 3.63) is 69.7 Å². The van der Waals surface area contributed by atoms with Crippen LogP contribution in [0.5, 0.6) is 0 Å². The third kappa shape index (κ3) is 3.74. The van der Waals surface area contributed by atoms with Crippen molar-refractivity contribution in [1.82, 2.24) is 0 Å². The van der Waals surface area contributed by atoms with E-state index in [4.69, 9.17) is 0 Å². The Morgan fingerprint density at radius 3 is 2.14 bits per heavy atom. The molecule has 0 aliphatic carbocycles. The van der Waals surface area contributed by atoms with E-state index in [9.17, 15) is 8.78 Å². The Morgan fingerprint density at radius 1 is 0.905 bits per heavy atom. The summed E-state index contributed by atoms with van der Waals surface area (Å²) in [5, 5.41) is 1.20. The number of benzene rings is 2. The van der Waals surface area contributed by atoms with E-state index in [-0.39, 0.29) is 11.6 Å². The van der Waals surface area contributed by atoms with Crippen molar-refractivity contribution < 1.29 is 8.78 Å². The second-order valence-corrected chi connectivity index (χ2v) is 6.93. The Hall–Kier alpha value is -0.260. The highest BCUT2D eigenvalue weighted by Crippen LogP contribution is 2.35. The molecule has 5 heteroatoms. The standard InChI is InChI=1S/C16H13Br3F2/c17-9-16(10-18,12-3-1-2-4-14(12)20)8-11-5-6-15(21)13(19)7-11/h1-7H,8-10H2. The van der Waals surface area contributed by atoms with Crippen LogP contribution >= 0.6 is 47.8 Å². The number of hydrogen-bond acceptors (Lipinski definition) is 0. The fourth-order valence-corrected chi connectivity index (χ4v) is 4.66. The maximum absolute atomic E-state index is 14.2. The minimum Gasteiger partial charge on any atom is -0.207 e. The summed E-state index contributed by atoms with van der Waals surface area (Å²) in [5.74, 6) is -0.523. The zero-order valence-corrected chi connectivity index (χ0v) is 15.8. The lowest BCUT2D eigenvalue weighted by Crippen LogP contribution is -2.34. The molecule has 0 aliphatic heterocycles. The number of alkyl halides is 2. The van der Waals surface area contributed by atoms with Crippen LogP contribution in [-0.2, 0) is 11.8 Å². The number of halogens is 5. The summed E-state index contributed by atoms with van der Waals surface area (Å²) in [5.41, 5.74) is 1.17. The summed E-state index contributed by atoms with van der Waals surface area (Å²) in [6, 6.07) is 11.7. The third-order valence-electron chi connectivity index (χ3n) is 3.48. The van der Waals surface area contributed by atoms with Crippen molar-refractivity contribution >= 4 is 47.8 Å². The van der Waals surface area contributed by atoms with E-state index in [1.807, 2.05) is 6.07 Å². The average molecular weight is 483 g/mol. The molecule has 0 amide bonds. The van der Waals surface area contributed by atoms with Crippen LogP contribution in [0.15, 0.2) is 46.9 Å². The molecule has 0 atom stereocenters. The van der Waals surface area contributed by atoms with Gasteiger partial charge in [-0.15, -0.1) is 0 Å². The minimum atomic E-state index is -0.428. The largest absolute Gasteiger partial charge is 0.207 e. The van der Waals surface area contributed by atoms with Gasteiger partial charge in [-0.2, -0.15) is 0 Å². The predicted molar refractivity (Wildman–Crippen MR) is 93.5 cm³/mol. The summed E-state index contributed by atoms with van der Waals surface area (Å²) in [4.78, 5) is 0. The Bertz CT molecular complexity index is 625. The first-order chi connectivity index (χ1) is 10.0. The van der Waals surface area contributed by atoms with E-state index in [1.54, 1.807) is 24.3 Å². The van der Waals surface area contributed by atoms with Crippen molar-refractivity contribution in [2.75, 3.05) is 10.7 Å². The van der Waals surface area contributed by atoms with Crippen molar-refractivity contribution in [2.45, 2.75) is 11.8 Å². The zero-order valence-electron chi connectivity index (χ0n) is 11.1. The van der Waals surface area contributed by atoms with Crippen LogP contribution in [0.4, 0.5) is 8.78 Å². The highest BCUT2D eigenvalue weighted by Gasteiger charge is 2.33. The molecule has 0 fully saturated rings. The molecule has 2 rings (SSSR count). The van der Waals surface area contributed by atoms with Crippen molar-refractivity contribution in [1.29, 1.82) is 0 Å². The lowest BCUT2D eigenvalue weighted by atomic mass is 9.79. The molecule has 0 N–H and O–H groups in total. The van der Waals surface area contributed by atoms with Gasteiger partial charge in [-0.3, -0.25) is 0 Å². The second-order valence-electron chi connectivity index (χ2n) is 4.95. The van der Waals surface area contributed by atoms with Gasteiger partial charge in [0.25, 0.3) is 0 Å². The summed E-state index contributed by atoms with van der Waals surface area (Å²) >= 11 is 10.2. The molecule has 0 saturated carbocycles. The maximum Gasteiger partial charge on any atom is 0.137 e. The van der Waals surface area contributed by atoms with Crippen LogP contribution in [0.3, 0.4) is 0 Å². The van der Waals surface area contributed by atoms with E-state index in [0.29, 0.717) is 27.1 Å². The Morgan fingerprint density at radius 2 is 1.57 bits per heavy atom. The van der Waals surface area contributed by atoms with Crippen LogP contribution in [0.25, 0.3) is 0 Å². The molecule has 0 nitrogen and oxygen atoms in total. The number of rotatable bonds is 5. The molecule has 2 aromatic carbocycles.